The molecule has 1 atom stereocenters. The molecule has 1 aliphatic carbocycles. The molecule has 20 heavy (non-hydrogen) atoms. The van der Waals surface area contributed by atoms with E-state index in [1.807, 2.05) is 12.1 Å². The van der Waals surface area contributed by atoms with E-state index in [1.165, 1.54) is 5.56 Å². The van der Waals surface area contributed by atoms with E-state index in [-0.39, 0.29) is 11.7 Å². The van der Waals surface area contributed by atoms with E-state index in [0.717, 1.165) is 24.1 Å². The van der Waals surface area contributed by atoms with Crippen molar-refractivity contribution in [3.8, 4) is 0 Å². The van der Waals surface area contributed by atoms with Crippen LogP contribution in [0, 0.1) is 0 Å². The van der Waals surface area contributed by atoms with Crippen molar-refractivity contribution in [3.05, 3.63) is 59.9 Å². The molecule has 1 aliphatic rings. The Kier molecular flexibility index (Phi) is 2.39. The molecular formula is C15H12N4O. The Bertz CT molecular complexity index is 808. The molecule has 0 amide bonds. The fraction of sp³-hybridized carbons (Fsp3) is 0.200. The van der Waals surface area contributed by atoms with Crippen LogP contribution in [0.3, 0.4) is 0 Å². The van der Waals surface area contributed by atoms with Crippen LogP contribution < -0.4 is 0 Å². The second-order valence-corrected chi connectivity index (χ2v) is 4.97. The second-order valence-electron chi connectivity index (χ2n) is 4.97. The van der Waals surface area contributed by atoms with Gasteiger partial charge in [0.05, 0.1) is 35.1 Å². The molecular weight excluding hydrogens is 252 g/mol. The van der Waals surface area contributed by atoms with E-state index >= 15 is 0 Å². The summed E-state index contributed by atoms with van der Waals surface area (Å²) in [5.74, 6) is -0.0649. The van der Waals surface area contributed by atoms with Crippen molar-refractivity contribution >= 4 is 11.3 Å². The van der Waals surface area contributed by atoms with Gasteiger partial charge in [-0.15, -0.1) is 0 Å². The maximum Gasteiger partial charge on any atom is 0.175 e. The van der Waals surface area contributed by atoms with Crippen LogP contribution in [0.25, 0.3) is 5.52 Å². The predicted octanol–water partition coefficient (Wildman–Crippen LogP) is 2.04. The molecule has 0 radical (unpaired) electrons. The summed E-state index contributed by atoms with van der Waals surface area (Å²) in [6.07, 6.45) is 10.2. The van der Waals surface area contributed by atoms with Crippen molar-refractivity contribution in [2.75, 3.05) is 0 Å². The second kappa shape index (κ2) is 4.23. The highest BCUT2D eigenvalue weighted by molar-refractivity contribution is 6.06. The number of rotatable bonds is 2. The zero-order valence-corrected chi connectivity index (χ0v) is 10.7. The van der Waals surface area contributed by atoms with Gasteiger partial charge >= 0.3 is 0 Å². The monoisotopic (exact) mass is 264 g/mol. The maximum atomic E-state index is 12.8. The molecule has 3 heterocycles. The number of aryl methyl sites for hydroxylation is 1. The number of pyridine rings is 1. The largest absolute Gasteiger partial charge is 0.293 e. The Balaban J connectivity index is 1.79. The summed E-state index contributed by atoms with van der Waals surface area (Å²) in [7, 11) is 0. The minimum atomic E-state index is -0.153. The highest BCUT2D eigenvalue weighted by atomic mass is 16.1. The Labute approximate surface area is 115 Å². The van der Waals surface area contributed by atoms with E-state index in [1.54, 1.807) is 35.5 Å². The lowest BCUT2D eigenvalue weighted by molar-refractivity contribution is 0.0959. The smallest absolute Gasteiger partial charge is 0.175 e. The third kappa shape index (κ3) is 1.56. The van der Waals surface area contributed by atoms with Gasteiger partial charge in [-0.2, -0.15) is 5.10 Å². The molecule has 5 nitrogen and oxygen atoms in total. The normalized spacial score (nSPS) is 17.3. The minimum Gasteiger partial charge on any atom is -0.293 e. The molecule has 0 spiro atoms. The maximum absolute atomic E-state index is 12.8. The van der Waals surface area contributed by atoms with Crippen molar-refractivity contribution in [1.82, 2.24) is 19.6 Å². The zero-order valence-electron chi connectivity index (χ0n) is 10.7. The number of carbonyl (C=O) groups excluding carboxylic acids is 1. The SMILES string of the molecule is O=C(c1cnn2ccncc12)C1CCc2cccnc21. The van der Waals surface area contributed by atoms with Gasteiger partial charge in [0.2, 0.25) is 0 Å². The summed E-state index contributed by atoms with van der Waals surface area (Å²) in [5.41, 5.74) is 3.48. The average molecular weight is 264 g/mol. The molecule has 0 fully saturated rings. The molecule has 0 saturated carbocycles. The number of carbonyl (C=O) groups is 1. The number of hydrogen-bond acceptors (Lipinski definition) is 4. The fourth-order valence-corrected chi connectivity index (χ4v) is 2.88. The third-order valence-electron chi connectivity index (χ3n) is 3.87. The van der Waals surface area contributed by atoms with Crippen LogP contribution in [0.15, 0.2) is 43.1 Å². The fourth-order valence-electron chi connectivity index (χ4n) is 2.88. The summed E-state index contributed by atoms with van der Waals surface area (Å²) >= 11 is 0. The molecule has 5 heteroatoms. The third-order valence-corrected chi connectivity index (χ3v) is 3.87. The highest BCUT2D eigenvalue weighted by Gasteiger charge is 2.31. The van der Waals surface area contributed by atoms with Crippen molar-refractivity contribution < 1.29 is 4.79 Å². The minimum absolute atomic E-state index is 0.0884. The van der Waals surface area contributed by atoms with Crippen LogP contribution in [0.5, 0.6) is 0 Å². The van der Waals surface area contributed by atoms with Crippen LogP contribution in [-0.4, -0.2) is 25.4 Å². The van der Waals surface area contributed by atoms with Crippen LogP contribution in [-0.2, 0) is 6.42 Å². The van der Waals surface area contributed by atoms with E-state index in [4.69, 9.17) is 0 Å². The average Bonchev–Trinajstić information content (AvgIpc) is 3.11. The highest BCUT2D eigenvalue weighted by Crippen LogP contribution is 2.34. The van der Waals surface area contributed by atoms with Gasteiger partial charge in [-0.1, -0.05) is 6.07 Å². The summed E-state index contributed by atoms with van der Waals surface area (Å²) in [6, 6.07) is 3.97. The van der Waals surface area contributed by atoms with Gasteiger partial charge in [-0.3, -0.25) is 14.8 Å². The molecule has 3 aromatic rings. The Morgan fingerprint density at radius 1 is 1.30 bits per heavy atom. The molecule has 0 bridgehead atoms. The number of hydrogen-bond donors (Lipinski definition) is 0. The van der Waals surface area contributed by atoms with Gasteiger partial charge in [0, 0.05) is 18.6 Å². The molecule has 0 aromatic carbocycles. The van der Waals surface area contributed by atoms with Crippen LogP contribution in [0.2, 0.25) is 0 Å². The number of fused-ring (bicyclic) bond motifs is 2. The van der Waals surface area contributed by atoms with Gasteiger partial charge in [-0.25, -0.2) is 4.52 Å². The van der Waals surface area contributed by atoms with Crippen LogP contribution in [0.4, 0.5) is 0 Å². The molecule has 98 valence electrons. The number of nitrogens with zero attached hydrogens (tertiary/aromatic N) is 4. The van der Waals surface area contributed by atoms with Gasteiger partial charge in [0.1, 0.15) is 0 Å². The lowest BCUT2D eigenvalue weighted by Crippen LogP contribution is -2.11. The Morgan fingerprint density at radius 2 is 2.25 bits per heavy atom. The summed E-state index contributed by atoms with van der Waals surface area (Å²) in [4.78, 5) is 21.2. The van der Waals surface area contributed by atoms with E-state index in [9.17, 15) is 4.79 Å². The molecule has 0 saturated heterocycles. The van der Waals surface area contributed by atoms with E-state index < -0.39 is 0 Å². The van der Waals surface area contributed by atoms with E-state index in [2.05, 4.69) is 15.1 Å². The molecule has 0 aliphatic heterocycles. The first-order chi connectivity index (χ1) is 9.84. The Hall–Kier alpha value is -2.56. The number of Topliss-reactive ketones (excluding diaryl/α,β-unsaturated/α-hetero) is 1. The number of ketones is 1. The molecule has 3 aromatic heterocycles. The topological polar surface area (TPSA) is 60.2 Å². The van der Waals surface area contributed by atoms with Gasteiger partial charge in [0.15, 0.2) is 5.78 Å². The number of aromatic nitrogens is 4. The quantitative estimate of drug-likeness (QED) is 0.664. The summed E-state index contributed by atoms with van der Waals surface area (Å²) < 4.78 is 1.68. The summed E-state index contributed by atoms with van der Waals surface area (Å²) in [6.45, 7) is 0. The van der Waals surface area contributed by atoms with E-state index in [0.29, 0.717) is 5.56 Å². The van der Waals surface area contributed by atoms with Gasteiger partial charge in [0.25, 0.3) is 0 Å². The molecule has 1 unspecified atom stereocenters. The zero-order chi connectivity index (χ0) is 13.5. The predicted molar refractivity (Wildman–Crippen MR) is 72.6 cm³/mol. The standard InChI is InChI=1S/C15H12N4O/c20-15(11-4-3-10-2-1-5-17-14(10)11)12-8-18-19-7-6-16-9-13(12)19/h1-2,5-9,11H,3-4H2. The molecule has 0 N–H and O–H groups in total. The summed E-state index contributed by atoms with van der Waals surface area (Å²) in [5, 5.41) is 4.20. The van der Waals surface area contributed by atoms with Gasteiger partial charge < -0.3 is 0 Å². The van der Waals surface area contributed by atoms with Crippen molar-refractivity contribution in [2.24, 2.45) is 0 Å². The first kappa shape index (κ1) is 11.3. The van der Waals surface area contributed by atoms with Crippen molar-refractivity contribution in [3.63, 3.8) is 0 Å². The van der Waals surface area contributed by atoms with Crippen LogP contribution >= 0.6 is 0 Å². The molecule has 4 rings (SSSR count). The van der Waals surface area contributed by atoms with Gasteiger partial charge in [-0.05, 0) is 24.5 Å². The first-order valence-electron chi connectivity index (χ1n) is 6.60. The first-order valence-corrected chi connectivity index (χ1v) is 6.60. The Morgan fingerprint density at radius 3 is 3.20 bits per heavy atom. The lowest BCUT2D eigenvalue weighted by Gasteiger charge is -2.08. The van der Waals surface area contributed by atoms with Crippen LogP contribution in [0.1, 0.15) is 34.0 Å². The lowest BCUT2D eigenvalue weighted by atomic mass is 9.96. The van der Waals surface area contributed by atoms with Crippen molar-refractivity contribution in [1.29, 1.82) is 0 Å². The van der Waals surface area contributed by atoms with Crippen molar-refractivity contribution in [2.45, 2.75) is 18.8 Å².